The van der Waals surface area contributed by atoms with E-state index in [9.17, 15) is 0 Å². The van der Waals surface area contributed by atoms with Gasteiger partial charge in [0.25, 0.3) is 0 Å². The van der Waals surface area contributed by atoms with E-state index in [4.69, 9.17) is 10.0 Å². The fourth-order valence-electron chi connectivity index (χ4n) is 1.59. The van der Waals surface area contributed by atoms with E-state index in [0.29, 0.717) is 0 Å². The molecular formula is C7H14AlCl. The molecule has 1 aliphatic rings. The summed E-state index contributed by atoms with van der Waals surface area (Å²) in [6.45, 7) is 0. The van der Waals surface area contributed by atoms with Gasteiger partial charge < -0.3 is 0 Å². The number of hydrogen-bond acceptors (Lipinski definition) is 0. The molecule has 0 aromatic rings. The Hall–Kier alpha value is 0.822. The molecule has 0 nitrogen and oxygen atoms in total. The van der Waals surface area contributed by atoms with Gasteiger partial charge in [0.15, 0.2) is 0 Å². The van der Waals surface area contributed by atoms with Gasteiger partial charge in [0.05, 0.1) is 0 Å². The van der Waals surface area contributed by atoms with Crippen molar-refractivity contribution in [3.8, 4) is 0 Å². The molecule has 1 rings (SSSR count). The van der Waals surface area contributed by atoms with Crippen molar-refractivity contribution in [2.75, 3.05) is 0 Å². The summed E-state index contributed by atoms with van der Waals surface area (Å²) in [6.07, 6.45) is 7.19. The zero-order valence-corrected chi connectivity index (χ0v) is 7.98. The lowest BCUT2D eigenvalue weighted by Crippen LogP contribution is -2.12. The Labute approximate surface area is 66.2 Å². The third kappa shape index (κ3) is 2.50. The lowest BCUT2D eigenvalue weighted by atomic mass is 10.0. The number of hydrogen-bond donors (Lipinski definition) is 0. The summed E-state index contributed by atoms with van der Waals surface area (Å²) in [5.41, 5.74) is 0. The first-order valence-electron chi connectivity index (χ1n) is 3.95. The van der Waals surface area contributed by atoms with E-state index >= 15 is 0 Å². The normalized spacial score (nSPS) is 22.0. The average molecular weight is 161 g/mol. The molecule has 0 amide bonds. The van der Waals surface area contributed by atoms with Gasteiger partial charge in [-0.1, -0.05) is 42.7 Å². The van der Waals surface area contributed by atoms with Crippen molar-refractivity contribution in [3.05, 3.63) is 0 Å². The molecule has 2 heteroatoms. The van der Waals surface area contributed by atoms with Crippen molar-refractivity contribution in [2.45, 2.75) is 42.7 Å². The Morgan fingerprint density at radius 2 is 1.78 bits per heavy atom. The fourth-order valence-corrected chi connectivity index (χ4v) is 3.74. The topological polar surface area (TPSA) is 0 Å². The highest BCUT2D eigenvalue weighted by Crippen LogP contribution is 2.32. The third-order valence-electron chi connectivity index (χ3n) is 2.30. The monoisotopic (exact) mass is 160 g/mol. The van der Waals surface area contributed by atoms with Crippen LogP contribution in [0.3, 0.4) is 0 Å². The highest BCUT2D eigenvalue weighted by Gasteiger charge is 2.23. The van der Waals surface area contributed by atoms with Crippen LogP contribution in [0.25, 0.3) is 0 Å². The van der Waals surface area contributed by atoms with Crippen molar-refractivity contribution in [1.29, 1.82) is 0 Å². The molecule has 0 spiro atoms. The predicted octanol–water partition coefficient (Wildman–Crippen LogP) is 3.18. The SMILES string of the molecule is [CH3][Al]([Cl])[CH]1CCCCC1. The van der Waals surface area contributed by atoms with Gasteiger partial charge >= 0.3 is 13.2 Å². The van der Waals surface area contributed by atoms with E-state index in [2.05, 4.69) is 5.79 Å². The van der Waals surface area contributed by atoms with Crippen molar-refractivity contribution < 1.29 is 0 Å². The van der Waals surface area contributed by atoms with Crippen LogP contribution in [-0.4, -0.2) is 13.2 Å². The highest BCUT2D eigenvalue weighted by atomic mass is 35.6. The van der Waals surface area contributed by atoms with Gasteiger partial charge in [0.2, 0.25) is 0 Å². The van der Waals surface area contributed by atoms with Crippen LogP contribution in [0.4, 0.5) is 0 Å². The molecule has 1 fully saturated rings. The summed E-state index contributed by atoms with van der Waals surface area (Å²) in [5, 5.41) is 0. The molecule has 1 aliphatic carbocycles. The molecule has 0 bridgehead atoms. The Balaban J connectivity index is 2.23. The van der Waals surface area contributed by atoms with Crippen LogP contribution >= 0.6 is 10.0 Å². The lowest BCUT2D eigenvalue weighted by Gasteiger charge is -2.20. The standard InChI is InChI=1S/C6H11.CH3.Al.ClH/c1-2-4-6-5-3-1;;;/h1H,2-6H2;1H3;;1H/q;;+1;/p-1. The van der Waals surface area contributed by atoms with Crippen molar-refractivity contribution >= 4 is 23.3 Å². The minimum absolute atomic E-state index is 0.780. The molecule has 0 unspecified atom stereocenters. The lowest BCUT2D eigenvalue weighted by molar-refractivity contribution is 0.500. The molecule has 0 aliphatic heterocycles. The fraction of sp³-hybridized carbons (Fsp3) is 1.00. The van der Waals surface area contributed by atoms with Gasteiger partial charge in [-0.15, -0.1) is 0 Å². The maximum Gasteiger partial charge on any atom is 0.399 e. The second-order valence-electron chi connectivity index (χ2n) is 3.08. The summed E-state index contributed by atoms with van der Waals surface area (Å²) in [7, 11) is 6.10. The molecule has 1 saturated carbocycles. The minimum Gasteiger partial charge on any atom is -0.261 e. The first kappa shape index (κ1) is 7.92. The molecular weight excluding hydrogens is 147 g/mol. The summed E-state index contributed by atoms with van der Waals surface area (Å²) < 4.78 is 0.959. The Bertz CT molecular complexity index is 77.0. The maximum atomic E-state index is 6.10. The molecule has 0 aromatic carbocycles. The van der Waals surface area contributed by atoms with Crippen LogP contribution in [0.5, 0.6) is 0 Å². The van der Waals surface area contributed by atoms with E-state index in [1.807, 2.05) is 0 Å². The maximum absolute atomic E-state index is 6.10. The van der Waals surface area contributed by atoms with Crippen molar-refractivity contribution in [2.24, 2.45) is 0 Å². The first-order chi connectivity index (χ1) is 4.30. The molecule has 0 saturated heterocycles. The van der Waals surface area contributed by atoms with E-state index in [0.717, 1.165) is 4.78 Å². The second kappa shape index (κ2) is 3.86. The van der Waals surface area contributed by atoms with E-state index < -0.39 is 13.2 Å². The van der Waals surface area contributed by atoms with Gasteiger partial charge in [-0.2, -0.15) is 0 Å². The van der Waals surface area contributed by atoms with Crippen molar-refractivity contribution in [3.63, 3.8) is 0 Å². The van der Waals surface area contributed by atoms with Crippen LogP contribution < -0.4 is 0 Å². The van der Waals surface area contributed by atoms with Crippen LogP contribution in [0, 0.1) is 0 Å². The van der Waals surface area contributed by atoms with Gasteiger partial charge in [-0.05, 0) is 0 Å². The number of halogens is 1. The van der Waals surface area contributed by atoms with Crippen LogP contribution in [0.15, 0.2) is 0 Å². The molecule has 0 radical (unpaired) electrons. The van der Waals surface area contributed by atoms with Crippen LogP contribution in [0.2, 0.25) is 10.6 Å². The summed E-state index contributed by atoms with van der Waals surface area (Å²) in [5.74, 6) is 2.26. The summed E-state index contributed by atoms with van der Waals surface area (Å²) in [6, 6.07) is 0. The molecule has 0 atom stereocenters. The molecule has 0 aromatic heterocycles. The molecule has 0 N–H and O–H groups in total. The van der Waals surface area contributed by atoms with E-state index in [1.54, 1.807) is 0 Å². The largest absolute Gasteiger partial charge is 0.399 e. The van der Waals surface area contributed by atoms with Gasteiger partial charge in [0, 0.05) is 0 Å². The summed E-state index contributed by atoms with van der Waals surface area (Å²) in [4.78, 5) is 0. The van der Waals surface area contributed by atoms with Gasteiger partial charge in [-0.3, -0.25) is 10.0 Å². The second-order valence-corrected chi connectivity index (χ2v) is 7.44. The predicted molar refractivity (Wildman–Crippen MR) is 44.3 cm³/mol. The quantitative estimate of drug-likeness (QED) is 0.517. The van der Waals surface area contributed by atoms with Crippen molar-refractivity contribution in [1.82, 2.24) is 0 Å². The average Bonchev–Trinajstić information content (AvgIpc) is 1.90. The van der Waals surface area contributed by atoms with Gasteiger partial charge in [-0.25, -0.2) is 0 Å². The van der Waals surface area contributed by atoms with Gasteiger partial charge in [0.1, 0.15) is 0 Å². The summed E-state index contributed by atoms with van der Waals surface area (Å²) >= 11 is -0.780. The minimum atomic E-state index is -0.780. The molecule has 0 heterocycles. The Morgan fingerprint density at radius 1 is 1.22 bits per heavy atom. The smallest absolute Gasteiger partial charge is 0.261 e. The zero-order chi connectivity index (χ0) is 6.69. The first-order valence-corrected chi connectivity index (χ1v) is 7.51. The Morgan fingerprint density at radius 3 is 2.11 bits per heavy atom. The van der Waals surface area contributed by atoms with E-state index in [1.165, 1.54) is 32.1 Å². The van der Waals surface area contributed by atoms with Crippen LogP contribution in [-0.2, 0) is 0 Å². The number of rotatable bonds is 1. The molecule has 9 heavy (non-hydrogen) atoms. The third-order valence-corrected chi connectivity index (χ3v) is 5.33. The highest BCUT2D eigenvalue weighted by molar-refractivity contribution is 7.07. The van der Waals surface area contributed by atoms with Crippen LogP contribution in [0.1, 0.15) is 32.1 Å². The van der Waals surface area contributed by atoms with E-state index in [-0.39, 0.29) is 0 Å². The zero-order valence-electron chi connectivity index (χ0n) is 6.07. The Kier molecular flexibility index (Phi) is 3.40. The molecule has 52 valence electrons.